The summed E-state index contributed by atoms with van der Waals surface area (Å²) in [5.74, 6) is -0.261. The summed E-state index contributed by atoms with van der Waals surface area (Å²) >= 11 is 0. The largest absolute Gasteiger partial charge is 0.486 e. The Hall–Kier alpha value is -2.62. The molecule has 0 radical (unpaired) electrons. The van der Waals surface area contributed by atoms with E-state index >= 15 is 0 Å². The molecule has 0 atom stereocenters. The molecule has 0 saturated heterocycles. The van der Waals surface area contributed by atoms with Gasteiger partial charge < -0.3 is 10.5 Å². The molecular weight excluding hydrogens is 255 g/mol. The van der Waals surface area contributed by atoms with Crippen LogP contribution in [0.5, 0.6) is 5.75 Å². The number of rotatable bonds is 3. The maximum atomic E-state index is 13.6. The number of pyridine rings is 1. The molecule has 0 aliphatic rings. The van der Waals surface area contributed by atoms with Crippen molar-refractivity contribution in [1.29, 1.82) is 0 Å². The standard InChI is InChI=1S/C16H13FN2O/c17-14-9-12(18)5-6-16(14)20-10-11-7-8-19-15-4-2-1-3-13(11)15/h1-9H,10,18H2. The number of nitrogen functional groups attached to an aromatic ring is 1. The number of nitrogens with zero attached hydrogens (tertiary/aromatic N) is 1. The van der Waals surface area contributed by atoms with Crippen molar-refractivity contribution in [2.24, 2.45) is 0 Å². The van der Waals surface area contributed by atoms with Gasteiger partial charge in [-0.2, -0.15) is 0 Å². The highest BCUT2D eigenvalue weighted by atomic mass is 19.1. The number of para-hydroxylation sites is 1. The quantitative estimate of drug-likeness (QED) is 0.739. The minimum atomic E-state index is -0.455. The van der Waals surface area contributed by atoms with Crippen LogP contribution in [0.1, 0.15) is 5.56 Å². The number of anilines is 1. The zero-order valence-corrected chi connectivity index (χ0v) is 10.7. The molecule has 2 N–H and O–H groups in total. The van der Waals surface area contributed by atoms with Gasteiger partial charge in [-0.05, 0) is 24.3 Å². The molecule has 100 valence electrons. The summed E-state index contributed by atoms with van der Waals surface area (Å²) in [7, 11) is 0. The van der Waals surface area contributed by atoms with Gasteiger partial charge in [0.15, 0.2) is 11.6 Å². The van der Waals surface area contributed by atoms with E-state index in [9.17, 15) is 4.39 Å². The molecule has 0 fully saturated rings. The smallest absolute Gasteiger partial charge is 0.167 e. The first-order valence-electron chi connectivity index (χ1n) is 6.24. The van der Waals surface area contributed by atoms with Gasteiger partial charge in [-0.15, -0.1) is 0 Å². The van der Waals surface area contributed by atoms with Gasteiger partial charge >= 0.3 is 0 Å². The van der Waals surface area contributed by atoms with Crippen molar-refractivity contribution in [3.05, 3.63) is 66.1 Å². The van der Waals surface area contributed by atoms with Crippen LogP contribution in [0.4, 0.5) is 10.1 Å². The molecule has 1 aromatic heterocycles. The Labute approximate surface area is 115 Å². The van der Waals surface area contributed by atoms with E-state index in [1.165, 1.54) is 12.1 Å². The second-order valence-corrected chi connectivity index (χ2v) is 4.47. The molecule has 3 rings (SSSR count). The van der Waals surface area contributed by atoms with E-state index in [1.54, 1.807) is 12.3 Å². The van der Waals surface area contributed by atoms with Crippen LogP contribution in [-0.2, 0) is 6.61 Å². The molecule has 0 saturated carbocycles. The molecule has 0 amide bonds. The van der Waals surface area contributed by atoms with Gasteiger partial charge in [-0.25, -0.2) is 4.39 Å². The first-order valence-corrected chi connectivity index (χ1v) is 6.24. The number of hydrogen-bond acceptors (Lipinski definition) is 3. The van der Waals surface area contributed by atoms with Crippen LogP contribution in [0.25, 0.3) is 10.9 Å². The van der Waals surface area contributed by atoms with Gasteiger partial charge in [0, 0.05) is 28.9 Å². The Morgan fingerprint density at radius 3 is 2.80 bits per heavy atom. The highest BCUT2D eigenvalue weighted by Crippen LogP contribution is 2.22. The van der Waals surface area contributed by atoms with Gasteiger partial charge in [0.2, 0.25) is 0 Å². The SMILES string of the molecule is Nc1ccc(OCc2ccnc3ccccc23)c(F)c1. The Bertz CT molecular complexity index is 753. The molecule has 20 heavy (non-hydrogen) atoms. The third-order valence-electron chi connectivity index (χ3n) is 3.08. The first-order chi connectivity index (χ1) is 9.74. The lowest BCUT2D eigenvalue weighted by molar-refractivity contribution is 0.291. The van der Waals surface area contributed by atoms with Gasteiger partial charge in [-0.1, -0.05) is 18.2 Å². The zero-order chi connectivity index (χ0) is 13.9. The lowest BCUT2D eigenvalue weighted by atomic mass is 10.1. The van der Waals surface area contributed by atoms with E-state index in [-0.39, 0.29) is 12.4 Å². The molecule has 0 unspecified atom stereocenters. The fourth-order valence-electron chi connectivity index (χ4n) is 2.07. The average Bonchev–Trinajstić information content (AvgIpc) is 2.46. The maximum Gasteiger partial charge on any atom is 0.167 e. The normalized spacial score (nSPS) is 10.7. The van der Waals surface area contributed by atoms with E-state index in [1.807, 2.05) is 30.3 Å². The van der Waals surface area contributed by atoms with Crippen LogP contribution in [0.15, 0.2) is 54.7 Å². The van der Waals surface area contributed by atoms with Crippen molar-refractivity contribution in [3.8, 4) is 5.75 Å². The topological polar surface area (TPSA) is 48.1 Å². The molecule has 0 aliphatic heterocycles. The highest BCUT2D eigenvalue weighted by molar-refractivity contribution is 5.81. The van der Waals surface area contributed by atoms with Crippen molar-refractivity contribution in [2.75, 3.05) is 5.73 Å². The molecule has 2 aromatic carbocycles. The summed E-state index contributed by atoms with van der Waals surface area (Å²) in [6, 6.07) is 14.1. The van der Waals surface area contributed by atoms with Crippen LogP contribution >= 0.6 is 0 Å². The predicted molar refractivity (Wildman–Crippen MR) is 76.9 cm³/mol. The molecule has 1 heterocycles. The van der Waals surface area contributed by atoms with E-state index in [4.69, 9.17) is 10.5 Å². The van der Waals surface area contributed by atoms with Crippen LogP contribution < -0.4 is 10.5 Å². The van der Waals surface area contributed by atoms with Gasteiger partial charge in [0.05, 0.1) is 5.52 Å². The maximum absolute atomic E-state index is 13.6. The number of benzene rings is 2. The molecule has 4 heteroatoms. The second-order valence-electron chi connectivity index (χ2n) is 4.47. The lowest BCUT2D eigenvalue weighted by Crippen LogP contribution is -1.99. The van der Waals surface area contributed by atoms with Crippen molar-refractivity contribution in [2.45, 2.75) is 6.61 Å². The van der Waals surface area contributed by atoms with Gasteiger partial charge in [0.25, 0.3) is 0 Å². The van der Waals surface area contributed by atoms with Crippen molar-refractivity contribution in [1.82, 2.24) is 4.98 Å². The summed E-state index contributed by atoms with van der Waals surface area (Å²) in [5.41, 5.74) is 7.74. The van der Waals surface area contributed by atoms with Crippen molar-refractivity contribution < 1.29 is 9.13 Å². The van der Waals surface area contributed by atoms with Crippen molar-refractivity contribution in [3.63, 3.8) is 0 Å². The summed E-state index contributed by atoms with van der Waals surface area (Å²) < 4.78 is 19.2. The van der Waals surface area contributed by atoms with E-state index in [0.717, 1.165) is 16.5 Å². The number of ether oxygens (including phenoxy) is 1. The van der Waals surface area contributed by atoms with E-state index in [2.05, 4.69) is 4.98 Å². The number of halogens is 1. The van der Waals surface area contributed by atoms with Crippen LogP contribution in [-0.4, -0.2) is 4.98 Å². The third-order valence-corrected chi connectivity index (χ3v) is 3.08. The summed E-state index contributed by atoms with van der Waals surface area (Å²) in [5, 5.41) is 1.01. The molecule has 0 aliphatic carbocycles. The summed E-state index contributed by atoms with van der Waals surface area (Å²) in [6.45, 7) is 0.282. The zero-order valence-electron chi connectivity index (χ0n) is 10.7. The first kappa shape index (κ1) is 12.4. The number of fused-ring (bicyclic) bond motifs is 1. The molecule has 3 nitrogen and oxygen atoms in total. The molecule has 0 bridgehead atoms. The van der Waals surface area contributed by atoms with Crippen LogP contribution in [0, 0.1) is 5.82 Å². The van der Waals surface area contributed by atoms with E-state index < -0.39 is 5.82 Å². The predicted octanol–water partition coefficient (Wildman–Crippen LogP) is 3.54. The van der Waals surface area contributed by atoms with Crippen molar-refractivity contribution >= 4 is 16.6 Å². The average molecular weight is 268 g/mol. The Morgan fingerprint density at radius 2 is 1.95 bits per heavy atom. The second kappa shape index (κ2) is 5.17. The minimum absolute atomic E-state index is 0.195. The molecule has 0 spiro atoms. The van der Waals surface area contributed by atoms with Gasteiger partial charge in [-0.3, -0.25) is 4.98 Å². The molecule has 3 aromatic rings. The molecular formula is C16H13FN2O. The fourth-order valence-corrected chi connectivity index (χ4v) is 2.07. The third kappa shape index (κ3) is 2.40. The minimum Gasteiger partial charge on any atom is -0.486 e. The lowest BCUT2D eigenvalue weighted by Gasteiger charge is -2.09. The Morgan fingerprint density at radius 1 is 1.10 bits per heavy atom. The Balaban J connectivity index is 1.87. The number of hydrogen-bond donors (Lipinski definition) is 1. The highest BCUT2D eigenvalue weighted by Gasteiger charge is 2.06. The fraction of sp³-hybridized carbons (Fsp3) is 0.0625. The van der Waals surface area contributed by atoms with Gasteiger partial charge in [0.1, 0.15) is 6.61 Å². The number of aromatic nitrogens is 1. The number of nitrogens with two attached hydrogens (primary N) is 1. The Kier molecular flexibility index (Phi) is 3.21. The summed E-state index contributed by atoms with van der Waals surface area (Å²) in [6.07, 6.45) is 1.72. The van der Waals surface area contributed by atoms with Crippen LogP contribution in [0.3, 0.4) is 0 Å². The van der Waals surface area contributed by atoms with Crippen LogP contribution in [0.2, 0.25) is 0 Å². The monoisotopic (exact) mass is 268 g/mol. The van der Waals surface area contributed by atoms with E-state index in [0.29, 0.717) is 5.69 Å². The summed E-state index contributed by atoms with van der Waals surface area (Å²) in [4.78, 5) is 4.28.